The maximum absolute atomic E-state index is 6.31. The molecule has 0 radical (unpaired) electrons. The number of aromatic nitrogens is 2. The predicted molar refractivity (Wildman–Crippen MR) is 107 cm³/mol. The Hall–Kier alpha value is -1.17. The number of hydrogen-bond acceptors (Lipinski definition) is 3. The molecular weight excluding hydrogens is 411 g/mol. The molecule has 7 heteroatoms. The molecular formula is C19H15Cl3N2OS. The number of benzene rings is 2. The van der Waals surface area contributed by atoms with Crippen molar-refractivity contribution >= 4 is 46.6 Å². The average molecular weight is 426 g/mol. The molecule has 1 aromatic heterocycles. The molecule has 0 fully saturated rings. The molecule has 2 aromatic carbocycles. The summed E-state index contributed by atoms with van der Waals surface area (Å²) in [6.07, 6.45) is 5.45. The van der Waals surface area contributed by atoms with E-state index in [-0.39, 0.29) is 11.4 Å². The summed E-state index contributed by atoms with van der Waals surface area (Å²) in [5, 5.41) is 2.14. The lowest BCUT2D eigenvalue weighted by molar-refractivity contribution is 0.0368. The number of hydrogen-bond donors (Lipinski definition) is 0. The van der Waals surface area contributed by atoms with Crippen LogP contribution in [0, 0.1) is 0 Å². The zero-order valence-corrected chi connectivity index (χ0v) is 16.7. The quantitative estimate of drug-likeness (QED) is 0.481. The molecule has 0 N–H and O–H groups in total. The minimum absolute atomic E-state index is 0.108. The molecule has 0 spiro atoms. The van der Waals surface area contributed by atoms with Crippen molar-refractivity contribution in [2.24, 2.45) is 0 Å². The first-order chi connectivity index (χ1) is 12.6. The first-order valence-corrected chi connectivity index (χ1v) is 10.1. The van der Waals surface area contributed by atoms with Gasteiger partial charge in [0.1, 0.15) is 0 Å². The van der Waals surface area contributed by atoms with Crippen LogP contribution in [0.4, 0.5) is 0 Å². The van der Waals surface area contributed by atoms with Crippen molar-refractivity contribution in [3.05, 3.63) is 81.3 Å². The second-order valence-electron chi connectivity index (χ2n) is 6.03. The minimum Gasteiger partial charge on any atom is -0.367 e. The van der Waals surface area contributed by atoms with Gasteiger partial charge in [0.2, 0.25) is 0 Å². The Labute approximate surface area is 171 Å². The molecule has 0 bridgehead atoms. The molecule has 0 saturated heterocycles. The molecule has 26 heavy (non-hydrogen) atoms. The Kier molecular flexibility index (Phi) is 5.48. The molecule has 2 heterocycles. The van der Waals surface area contributed by atoms with Gasteiger partial charge in [0, 0.05) is 44.5 Å². The van der Waals surface area contributed by atoms with Gasteiger partial charge in [0.25, 0.3) is 0 Å². The lowest BCUT2D eigenvalue weighted by Gasteiger charge is -2.21. The number of imidazole rings is 1. The van der Waals surface area contributed by atoms with Crippen molar-refractivity contribution in [2.75, 3.05) is 0 Å². The third kappa shape index (κ3) is 3.75. The van der Waals surface area contributed by atoms with Crippen LogP contribution in [0.5, 0.6) is 0 Å². The monoisotopic (exact) mass is 424 g/mol. The van der Waals surface area contributed by atoms with Gasteiger partial charge in [-0.05, 0) is 35.9 Å². The van der Waals surface area contributed by atoms with E-state index in [1.54, 1.807) is 18.0 Å². The van der Waals surface area contributed by atoms with E-state index in [1.165, 1.54) is 4.90 Å². The van der Waals surface area contributed by atoms with Gasteiger partial charge in [-0.15, -0.1) is 11.8 Å². The van der Waals surface area contributed by atoms with E-state index in [0.717, 1.165) is 17.7 Å². The number of fused-ring (bicyclic) bond motifs is 1. The number of thioether (sulfide) groups is 1. The van der Waals surface area contributed by atoms with Gasteiger partial charge in [-0.1, -0.05) is 40.9 Å². The van der Waals surface area contributed by atoms with E-state index in [4.69, 9.17) is 39.5 Å². The van der Waals surface area contributed by atoms with E-state index in [0.29, 0.717) is 21.7 Å². The standard InChI is InChI=1S/C19H15Cl3N2OS/c20-12-4-5-17-13(8-12)19(18(26-17)9-24-7-6-23-11-24)25-10-14-15(21)2-1-3-16(14)22/h1-8,11,18-19H,9-10H2. The van der Waals surface area contributed by atoms with E-state index in [2.05, 4.69) is 15.6 Å². The van der Waals surface area contributed by atoms with E-state index >= 15 is 0 Å². The number of ether oxygens (including phenoxy) is 1. The summed E-state index contributed by atoms with van der Waals surface area (Å²) in [5.41, 5.74) is 1.91. The molecule has 134 valence electrons. The Morgan fingerprint density at radius 1 is 1.12 bits per heavy atom. The molecule has 2 atom stereocenters. The lowest BCUT2D eigenvalue weighted by atomic mass is 10.1. The number of halogens is 3. The highest BCUT2D eigenvalue weighted by atomic mass is 35.5. The first-order valence-electron chi connectivity index (χ1n) is 8.08. The Morgan fingerprint density at radius 3 is 2.65 bits per heavy atom. The molecule has 4 rings (SSSR count). The van der Waals surface area contributed by atoms with Crippen LogP contribution >= 0.6 is 46.6 Å². The summed E-state index contributed by atoms with van der Waals surface area (Å²) in [7, 11) is 0. The third-order valence-electron chi connectivity index (χ3n) is 4.31. The molecule has 0 saturated carbocycles. The van der Waals surface area contributed by atoms with Crippen LogP contribution in [0.1, 0.15) is 17.2 Å². The SMILES string of the molecule is Clc1ccc2c(c1)C(OCc1c(Cl)cccc1Cl)C(Cn1ccnc1)S2. The van der Waals surface area contributed by atoms with Crippen LogP contribution in [0.15, 0.2) is 60.0 Å². The maximum atomic E-state index is 6.31. The van der Waals surface area contributed by atoms with Crippen molar-refractivity contribution in [2.45, 2.75) is 29.4 Å². The van der Waals surface area contributed by atoms with E-state index < -0.39 is 0 Å². The zero-order chi connectivity index (χ0) is 18.1. The summed E-state index contributed by atoms with van der Waals surface area (Å²) in [5.74, 6) is 0. The van der Waals surface area contributed by atoms with Crippen LogP contribution in [0.2, 0.25) is 15.1 Å². The van der Waals surface area contributed by atoms with Crippen molar-refractivity contribution in [3.63, 3.8) is 0 Å². The average Bonchev–Trinajstić information content (AvgIpc) is 3.23. The first kappa shape index (κ1) is 18.2. The summed E-state index contributed by atoms with van der Waals surface area (Å²) < 4.78 is 8.37. The second-order valence-corrected chi connectivity index (χ2v) is 8.56. The summed E-state index contributed by atoms with van der Waals surface area (Å²) >= 11 is 20.6. The Bertz CT molecular complexity index is 897. The lowest BCUT2D eigenvalue weighted by Crippen LogP contribution is -2.19. The zero-order valence-electron chi connectivity index (χ0n) is 13.6. The van der Waals surface area contributed by atoms with Gasteiger partial charge in [0.05, 0.1) is 24.3 Å². The fourth-order valence-corrected chi connectivity index (χ4v) is 5.12. The van der Waals surface area contributed by atoms with Gasteiger partial charge in [-0.3, -0.25) is 0 Å². The highest BCUT2D eigenvalue weighted by Crippen LogP contribution is 2.48. The smallest absolute Gasteiger partial charge is 0.0980 e. The second kappa shape index (κ2) is 7.83. The minimum atomic E-state index is -0.108. The topological polar surface area (TPSA) is 27.1 Å². The van der Waals surface area contributed by atoms with Gasteiger partial charge in [-0.2, -0.15) is 0 Å². The van der Waals surface area contributed by atoms with Crippen molar-refractivity contribution in [1.29, 1.82) is 0 Å². The van der Waals surface area contributed by atoms with Crippen molar-refractivity contribution in [3.8, 4) is 0 Å². The Balaban J connectivity index is 1.60. The summed E-state index contributed by atoms with van der Waals surface area (Å²) in [6.45, 7) is 1.13. The number of nitrogens with zero attached hydrogens (tertiary/aromatic N) is 2. The van der Waals surface area contributed by atoms with Gasteiger partial charge in [-0.25, -0.2) is 4.98 Å². The predicted octanol–water partition coefficient (Wildman–Crippen LogP) is 6.28. The molecule has 0 amide bonds. The van der Waals surface area contributed by atoms with Gasteiger partial charge >= 0.3 is 0 Å². The summed E-state index contributed by atoms with van der Waals surface area (Å²) in [6, 6.07) is 11.4. The molecule has 0 aliphatic carbocycles. The third-order valence-corrected chi connectivity index (χ3v) is 6.58. The van der Waals surface area contributed by atoms with Crippen LogP contribution in [0.3, 0.4) is 0 Å². The normalized spacial score (nSPS) is 18.9. The van der Waals surface area contributed by atoms with Crippen LogP contribution < -0.4 is 0 Å². The van der Waals surface area contributed by atoms with Gasteiger partial charge < -0.3 is 9.30 Å². The van der Waals surface area contributed by atoms with E-state index in [9.17, 15) is 0 Å². The van der Waals surface area contributed by atoms with Crippen molar-refractivity contribution < 1.29 is 4.74 Å². The number of rotatable bonds is 5. The van der Waals surface area contributed by atoms with Crippen LogP contribution in [-0.4, -0.2) is 14.8 Å². The van der Waals surface area contributed by atoms with E-state index in [1.807, 2.05) is 42.9 Å². The largest absolute Gasteiger partial charge is 0.367 e. The van der Waals surface area contributed by atoms with Crippen LogP contribution in [-0.2, 0) is 17.9 Å². The molecule has 3 nitrogen and oxygen atoms in total. The Morgan fingerprint density at radius 2 is 1.92 bits per heavy atom. The van der Waals surface area contributed by atoms with Gasteiger partial charge in [0.15, 0.2) is 0 Å². The van der Waals surface area contributed by atoms with Crippen LogP contribution in [0.25, 0.3) is 0 Å². The molecule has 3 aromatic rings. The molecule has 1 aliphatic rings. The molecule has 2 unspecified atom stereocenters. The maximum Gasteiger partial charge on any atom is 0.0980 e. The fraction of sp³-hybridized carbons (Fsp3) is 0.211. The summed E-state index contributed by atoms with van der Waals surface area (Å²) in [4.78, 5) is 5.32. The van der Waals surface area contributed by atoms with Crippen molar-refractivity contribution in [1.82, 2.24) is 9.55 Å². The fourth-order valence-electron chi connectivity index (χ4n) is 3.05. The molecule has 1 aliphatic heterocycles. The highest BCUT2D eigenvalue weighted by molar-refractivity contribution is 8.00. The highest BCUT2D eigenvalue weighted by Gasteiger charge is 2.35.